The van der Waals surface area contributed by atoms with E-state index in [1.165, 1.54) is 17.7 Å². The number of amides is 1. The summed E-state index contributed by atoms with van der Waals surface area (Å²) in [6, 6.07) is 10.7. The lowest BCUT2D eigenvalue weighted by Gasteiger charge is -2.27. The predicted molar refractivity (Wildman–Crippen MR) is 116 cm³/mol. The molecule has 3 rings (SSSR count). The smallest absolute Gasteiger partial charge is 0.263 e. The summed E-state index contributed by atoms with van der Waals surface area (Å²) in [5.41, 5.74) is 6.52. The number of nitrogens with one attached hydrogen (secondary N) is 1. The number of ether oxygens (including phenoxy) is 2. The van der Waals surface area contributed by atoms with Gasteiger partial charge in [-0.25, -0.2) is 0 Å². The molecule has 31 heavy (non-hydrogen) atoms. The van der Waals surface area contributed by atoms with Gasteiger partial charge in [-0.05, 0) is 30.9 Å². The number of aromatic nitrogens is 1. The van der Waals surface area contributed by atoms with Gasteiger partial charge >= 0.3 is 0 Å². The third kappa shape index (κ3) is 6.33. The molecule has 2 heterocycles. The van der Waals surface area contributed by atoms with E-state index in [2.05, 4.69) is 5.32 Å². The summed E-state index contributed by atoms with van der Waals surface area (Å²) in [4.78, 5) is 37.8. The Morgan fingerprint density at radius 3 is 2.55 bits per heavy atom. The molecule has 1 amide bonds. The molecule has 3 N–H and O–H groups in total. The number of carbonyl (C=O) groups excluding carboxylic acids is 2. The van der Waals surface area contributed by atoms with Gasteiger partial charge < -0.3 is 25.1 Å². The Balaban J connectivity index is 1.67. The molecule has 0 bridgehead atoms. The number of Topliss-reactive ketones (excluding diaryl/α,β-unsaturated/α-hetero) is 1. The lowest BCUT2D eigenvalue weighted by Crippen LogP contribution is -2.41. The van der Waals surface area contributed by atoms with Gasteiger partial charge in [0.25, 0.3) is 11.5 Å². The third-order valence-electron chi connectivity index (χ3n) is 5.16. The minimum absolute atomic E-state index is 0.0374. The maximum Gasteiger partial charge on any atom is 0.263 e. The number of rotatable bonds is 9. The summed E-state index contributed by atoms with van der Waals surface area (Å²) in [7, 11) is 1.46. The Hall–Kier alpha value is -2.81. The van der Waals surface area contributed by atoms with E-state index in [1.807, 2.05) is 30.3 Å². The summed E-state index contributed by atoms with van der Waals surface area (Å²) in [5.74, 6) is -0.620. The van der Waals surface area contributed by atoms with Crippen molar-refractivity contribution in [3.8, 4) is 0 Å². The van der Waals surface area contributed by atoms with Crippen molar-refractivity contribution in [3.05, 3.63) is 69.6 Å². The fourth-order valence-corrected chi connectivity index (χ4v) is 3.45. The number of unbranched alkanes of at least 4 members (excludes halogenated alkanes) is 1. The lowest BCUT2D eigenvalue weighted by molar-refractivity contribution is -0.188. The molecule has 2 aromatic rings. The molecule has 1 aromatic heterocycles. The predicted octanol–water partition coefficient (Wildman–Crippen LogP) is 1.70. The summed E-state index contributed by atoms with van der Waals surface area (Å²) < 4.78 is 12.4. The minimum Gasteiger partial charge on any atom is -0.355 e. The monoisotopic (exact) mass is 427 g/mol. The molecule has 1 aliphatic heterocycles. The number of nitrogens with zero attached hydrogens (tertiary/aromatic N) is 1. The third-order valence-corrected chi connectivity index (χ3v) is 5.16. The first-order chi connectivity index (χ1) is 15.0. The molecule has 0 radical (unpaired) electrons. The van der Waals surface area contributed by atoms with Crippen LogP contribution >= 0.6 is 0 Å². The largest absolute Gasteiger partial charge is 0.355 e. The fraction of sp³-hybridized carbons (Fsp3) is 0.435. The first kappa shape index (κ1) is 22.9. The van der Waals surface area contributed by atoms with Gasteiger partial charge in [-0.1, -0.05) is 30.3 Å². The van der Waals surface area contributed by atoms with E-state index in [1.54, 1.807) is 6.20 Å². The molecule has 0 spiro atoms. The van der Waals surface area contributed by atoms with Gasteiger partial charge in [0.1, 0.15) is 5.56 Å². The van der Waals surface area contributed by atoms with Crippen LogP contribution in [0.5, 0.6) is 0 Å². The van der Waals surface area contributed by atoms with Crippen LogP contribution in [0.3, 0.4) is 0 Å². The number of nitrogens with two attached hydrogens (primary N) is 1. The van der Waals surface area contributed by atoms with Crippen LogP contribution in [-0.4, -0.2) is 48.9 Å². The van der Waals surface area contributed by atoms with Crippen molar-refractivity contribution >= 4 is 11.7 Å². The van der Waals surface area contributed by atoms with Gasteiger partial charge in [-0.3, -0.25) is 14.4 Å². The molecule has 8 nitrogen and oxygen atoms in total. The molecule has 1 aromatic carbocycles. The molecule has 1 fully saturated rings. The Labute approximate surface area is 181 Å². The van der Waals surface area contributed by atoms with Crippen molar-refractivity contribution in [2.24, 2.45) is 5.73 Å². The number of hydrogen-bond acceptors (Lipinski definition) is 6. The molecule has 1 saturated heterocycles. The van der Waals surface area contributed by atoms with E-state index in [4.69, 9.17) is 15.2 Å². The van der Waals surface area contributed by atoms with E-state index in [0.29, 0.717) is 38.0 Å². The van der Waals surface area contributed by atoms with Crippen LogP contribution in [0.25, 0.3) is 0 Å². The van der Waals surface area contributed by atoms with E-state index < -0.39 is 11.5 Å². The average Bonchev–Trinajstić information content (AvgIpc) is 2.79. The second-order valence-electron chi connectivity index (χ2n) is 7.67. The molecule has 0 aliphatic carbocycles. The number of hydrogen-bond donors (Lipinski definition) is 2. The van der Waals surface area contributed by atoms with Crippen molar-refractivity contribution in [2.45, 2.75) is 44.6 Å². The zero-order chi connectivity index (χ0) is 22.2. The molecule has 1 aliphatic rings. The highest BCUT2D eigenvalue weighted by molar-refractivity contribution is 6.00. The lowest BCUT2D eigenvalue weighted by atomic mass is 10.0. The maximum atomic E-state index is 12.8. The van der Waals surface area contributed by atoms with E-state index in [-0.39, 0.29) is 30.2 Å². The van der Waals surface area contributed by atoms with Gasteiger partial charge in [0, 0.05) is 25.2 Å². The van der Waals surface area contributed by atoms with Crippen LogP contribution in [0.4, 0.5) is 0 Å². The average molecular weight is 428 g/mol. The van der Waals surface area contributed by atoms with E-state index in [9.17, 15) is 14.4 Å². The second-order valence-corrected chi connectivity index (χ2v) is 7.67. The number of benzene rings is 1. The van der Waals surface area contributed by atoms with Crippen molar-refractivity contribution in [1.29, 1.82) is 0 Å². The van der Waals surface area contributed by atoms with Crippen LogP contribution in [0.15, 0.2) is 47.4 Å². The van der Waals surface area contributed by atoms with Crippen molar-refractivity contribution in [2.75, 3.05) is 20.3 Å². The van der Waals surface area contributed by atoms with Crippen LogP contribution in [0.1, 0.15) is 52.0 Å². The number of ketones is 1. The van der Waals surface area contributed by atoms with Gasteiger partial charge in [-0.15, -0.1) is 0 Å². The van der Waals surface area contributed by atoms with Crippen molar-refractivity contribution in [3.63, 3.8) is 0 Å². The van der Waals surface area contributed by atoms with Crippen LogP contribution in [0, 0.1) is 0 Å². The Bertz CT molecular complexity index is 949. The van der Waals surface area contributed by atoms with Crippen molar-refractivity contribution < 1.29 is 19.1 Å². The summed E-state index contributed by atoms with van der Waals surface area (Å²) in [6.07, 6.45) is 3.68. The van der Waals surface area contributed by atoms with Gasteiger partial charge in [-0.2, -0.15) is 0 Å². The SMILES string of the molecule is CNC(=O)c1cc(C(=O)CCCCC2OCC(N)CO2)cn(Cc2ccccc2)c1=O. The summed E-state index contributed by atoms with van der Waals surface area (Å²) >= 11 is 0. The van der Waals surface area contributed by atoms with Crippen LogP contribution in [-0.2, 0) is 16.0 Å². The van der Waals surface area contributed by atoms with Crippen LogP contribution < -0.4 is 16.6 Å². The first-order valence-corrected chi connectivity index (χ1v) is 10.5. The van der Waals surface area contributed by atoms with Gasteiger partial charge in [0.15, 0.2) is 12.1 Å². The Morgan fingerprint density at radius 1 is 1.16 bits per heavy atom. The molecule has 0 unspecified atom stereocenters. The second kappa shape index (κ2) is 11.0. The van der Waals surface area contributed by atoms with Gasteiger partial charge in [0.05, 0.1) is 25.8 Å². The summed E-state index contributed by atoms with van der Waals surface area (Å²) in [5, 5.41) is 2.47. The molecule has 0 saturated carbocycles. The highest BCUT2D eigenvalue weighted by Gasteiger charge is 2.20. The minimum atomic E-state index is -0.508. The molecular formula is C23H29N3O5. The molecular weight excluding hydrogens is 398 g/mol. The summed E-state index contributed by atoms with van der Waals surface area (Å²) in [6.45, 7) is 1.24. The normalized spacial score (nSPS) is 18.5. The van der Waals surface area contributed by atoms with E-state index in [0.717, 1.165) is 12.0 Å². The molecule has 166 valence electrons. The van der Waals surface area contributed by atoms with Gasteiger partial charge in [0.2, 0.25) is 0 Å². The highest BCUT2D eigenvalue weighted by Crippen LogP contribution is 2.15. The quantitative estimate of drug-likeness (QED) is 0.465. The Kier molecular flexibility index (Phi) is 8.11. The Morgan fingerprint density at radius 2 is 1.87 bits per heavy atom. The molecule has 8 heteroatoms. The maximum absolute atomic E-state index is 12.8. The topological polar surface area (TPSA) is 113 Å². The standard InChI is InChI=1S/C23H29N3O5/c1-25-22(28)19-11-17(13-26(23(19)29)12-16-7-3-2-4-8-16)20(27)9-5-6-10-21-30-14-18(24)15-31-21/h2-4,7-8,11,13,18,21H,5-6,9-10,12,14-15,24H2,1H3,(H,25,28). The van der Waals surface area contributed by atoms with E-state index >= 15 is 0 Å². The molecule has 0 atom stereocenters. The highest BCUT2D eigenvalue weighted by atomic mass is 16.7. The zero-order valence-corrected chi connectivity index (χ0v) is 17.7. The number of pyridine rings is 1. The zero-order valence-electron chi connectivity index (χ0n) is 17.7. The fourth-order valence-electron chi connectivity index (χ4n) is 3.45. The van der Waals surface area contributed by atoms with Crippen LogP contribution in [0.2, 0.25) is 0 Å². The first-order valence-electron chi connectivity index (χ1n) is 10.5. The van der Waals surface area contributed by atoms with Crippen molar-refractivity contribution in [1.82, 2.24) is 9.88 Å². The number of carbonyl (C=O) groups is 2.